The summed E-state index contributed by atoms with van der Waals surface area (Å²) in [6.45, 7) is 5.36. The minimum Gasteiger partial charge on any atom is -0.362 e. The zero-order chi connectivity index (χ0) is 19.7. The summed E-state index contributed by atoms with van der Waals surface area (Å²) in [5.41, 5.74) is 1.90. The number of aromatic nitrogens is 1. The van der Waals surface area contributed by atoms with Gasteiger partial charge in [0.15, 0.2) is 23.2 Å². The van der Waals surface area contributed by atoms with Gasteiger partial charge in [-0.15, -0.1) is 0 Å². The molecule has 27 heavy (non-hydrogen) atoms. The van der Waals surface area contributed by atoms with Crippen LogP contribution in [0.2, 0.25) is 0 Å². The number of carbonyl (C=O) groups is 2. The average Bonchev–Trinajstić information content (AvgIpc) is 2.98. The molecular formula is C19H20F3N3O2. The summed E-state index contributed by atoms with van der Waals surface area (Å²) in [6.07, 6.45) is 0. The van der Waals surface area contributed by atoms with E-state index in [0.29, 0.717) is 18.7 Å². The SMILES string of the molecule is Cc1cc(C(=O)CN2CCN(C(=O)c3ccc(F)c(F)c3F)CC2)c(C)[nH]1. The lowest BCUT2D eigenvalue weighted by Crippen LogP contribution is -2.50. The third-order valence-corrected chi connectivity index (χ3v) is 4.74. The van der Waals surface area contributed by atoms with E-state index in [-0.39, 0.29) is 25.4 Å². The van der Waals surface area contributed by atoms with Crippen molar-refractivity contribution in [2.75, 3.05) is 32.7 Å². The Bertz CT molecular complexity index is 887. The van der Waals surface area contributed by atoms with Gasteiger partial charge in [-0.05, 0) is 32.0 Å². The Morgan fingerprint density at radius 2 is 1.67 bits per heavy atom. The van der Waals surface area contributed by atoms with Crippen molar-refractivity contribution in [2.24, 2.45) is 0 Å². The molecule has 1 aromatic carbocycles. The molecule has 0 aliphatic carbocycles. The number of aromatic amines is 1. The number of piperazine rings is 1. The van der Waals surface area contributed by atoms with Crippen LogP contribution in [0.4, 0.5) is 13.2 Å². The summed E-state index contributed by atoms with van der Waals surface area (Å²) >= 11 is 0. The predicted molar refractivity (Wildman–Crippen MR) is 93.3 cm³/mol. The average molecular weight is 379 g/mol. The second-order valence-electron chi connectivity index (χ2n) is 6.71. The minimum absolute atomic E-state index is 0.0109. The van der Waals surface area contributed by atoms with Gasteiger partial charge >= 0.3 is 0 Å². The molecule has 5 nitrogen and oxygen atoms in total. The van der Waals surface area contributed by atoms with E-state index >= 15 is 0 Å². The largest absolute Gasteiger partial charge is 0.362 e. The molecule has 0 radical (unpaired) electrons. The van der Waals surface area contributed by atoms with Crippen LogP contribution in [-0.2, 0) is 0 Å². The van der Waals surface area contributed by atoms with Crippen LogP contribution in [0, 0.1) is 31.3 Å². The minimum atomic E-state index is -1.65. The molecule has 1 amide bonds. The summed E-state index contributed by atoms with van der Waals surface area (Å²) in [5.74, 6) is -5.15. The van der Waals surface area contributed by atoms with Gasteiger partial charge in [0.1, 0.15) is 0 Å². The van der Waals surface area contributed by atoms with Crippen LogP contribution in [-0.4, -0.2) is 59.2 Å². The van der Waals surface area contributed by atoms with Gasteiger partial charge in [0.25, 0.3) is 5.91 Å². The zero-order valence-corrected chi connectivity index (χ0v) is 15.1. The summed E-state index contributed by atoms with van der Waals surface area (Å²) in [6, 6.07) is 3.49. The smallest absolute Gasteiger partial charge is 0.257 e. The highest BCUT2D eigenvalue weighted by atomic mass is 19.2. The second kappa shape index (κ2) is 7.56. The summed E-state index contributed by atoms with van der Waals surface area (Å²) in [4.78, 5) is 31.2. The standard InChI is InChI=1S/C19H20F3N3O2/c1-11-9-14(12(2)23-11)16(26)10-24-5-7-25(8-6-24)19(27)13-3-4-15(20)18(22)17(13)21/h3-4,9,23H,5-8,10H2,1-2H3. The predicted octanol–water partition coefficient (Wildman–Crippen LogP) is 2.69. The maximum absolute atomic E-state index is 13.8. The molecule has 2 aromatic rings. The highest BCUT2D eigenvalue weighted by molar-refractivity contribution is 5.99. The summed E-state index contributed by atoms with van der Waals surface area (Å²) in [7, 11) is 0. The lowest BCUT2D eigenvalue weighted by molar-refractivity contribution is 0.0619. The molecule has 0 bridgehead atoms. The fourth-order valence-corrected chi connectivity index (χ4v) is 3.27. The van der Waals surface area contributed by atoms with E-state index in [4.69, 9.17) is 0 Å². The zero-order valence-electron chi connectivity index (χ0n) is 15.1. The molecule has 144 valence electrons. The first-order chi connectivity index (χ1) is 12.8. The Labute approximate surface area is 154 Å². The van der Waals surface area contributed by atoms with Crippen molar-refractivity contribution >= 4 is 11.7 Å². The van der Waals surface area contributed by atoms with Gasteiger partial charge in [-0.3, -0.25) is 14.5 Å². The maximum Gasteiger partial charge on any atom is 0.257 e. The second-order valence-corrected chi connectivity index (χ2v) is 6.71. The fourth-order valence-electron chi connectivity index (χ4n) is 3.27. The van der Waals surface area contributed by atoms with Crippen LogP contribution in [0.1, 0.15) is 32.1 Å². The van der Waals surface area contributed by atoms with Crippen LogP contribution in [0.25, 0.3) is 0 Å². The van der Waals surface area contributed by atoms with Gasteiger partial charge in [-0.1, -0.05) is 0 Å². The molecule has 1 saturated heterocycles. The first-order valence-corrected chi connectivity index (χ1v) is 8.62. The maximum atomic E-state index is 13.8. The lowest BCUT2D eigenvalue weighted by Gasteiger charge is -2.34. The number of nitrogens with zero attached hydrogens (tertiary/aromatic N) is 2. The molecule has 0 spiro atoms. The lowest BCUT2D eigenvalue weighted by atomic mass is 10.1. The third kappa shape index (κ3) is 3.90. The van der Waals surface area contributed by atoms with Gasteiger partial charge in [-0.2, -0.15) is 0 Å². The van der Waals surface area contributed by atoms with Crippen LogP contribution < -0.4 is 0 Å². The number of carbonyl (C=O) groups excluding carboxylic acids is 2. The Morgan fingerprint density at radius 1 is 1.00 bits per heavy atom. The molecule has 0 saturated carbocycles. The number of aryl methyl sites for hydroxylation is 2. The number of halogens is 3. The van der Waals surface area contributed by atoms with E-state index in [1.807, 2.05) is 24.8 Å². The van der Waals surface area contributed by atoms with E-state index in [1.165, 1.54) is 4.90 Å². The van der Waals surface area contributed by atoms with E-state index in [1.54, 1.807) is 0 Å². The number of Topliss-reactive ketones (excluding diaryl/α,β-unsaturated/α-hetero) is 1. The topological polar surface area (TPSA) is 56.4 Å². The number of amides is 1. The third-order valence-electron chi connectivity index (χ3n) is 4.74. The van der Waals surface area contributed by atoms with E-state index in [9.17, 15) is 22.8 Å². The molecule has 1 aromatic heterocycles. The van der Waals surface area contributed by atoms with Crippen molar-refractivity contribution in [3.8, 4) is 0 Å². The normalized spacial score (nSPS) is 15.2. The van der Waals surface area contributed by atoms with Crippen molar-refractivity contribution < 1.29 is 22.8 Å². The molecule has 8 heteroatoms. The summed E-state index contributed by atoms with van der Waals surface area (Å²) < 4.78 is 40.2. The highest BCUT2D eigenvalue weighted by Crippen LogP contribution is 2.18. The molecule has 1 N–H and O–H groups in total. The van der Waals surface area contributed by atoms with Gasteiger partial charge in [-0.25, -0.2) is 13.2 Å². The first-order valence-electron chi connectivity index (χ1n) is 8.62. The molecule has 0 unspecified atom stereocenters. The number of nitrogens with one attached hydrogen (secondary N) is 1. The highest BCUT2D eigenvalue weighted by Gasteiger charge is 2.27. The van der Waals surface area contributed by atoms with Crippen molar-refractivity contribution in [1.29, 1.82) is 0 Å². The molecule has 1 aliphatic heterocycles. The number of H-pyrrole nitrogens is 1. The van der Waals surface area contributed by atoms with E-state index in [0.717, 1.165) is 23.5 Å². The van der Waals surface area contributed by atoms with Crippen LogP contribution >= 0.6 is 0 Å². The van der Waals surface area contributed by atoms with E-state index in [2.05, 4.69) is 4.98 Å². The van der Waals surface area contributed by atoms with E-state index < -0.39 is 28.9 Å². The fraction of sp³-hybridized carbons (Fsp3) is 0.368. The Kier molecular flexibility index (Phi) is 5.36. The molecule has 2 heterocycles. The quantitative estimate of drug-likeness (QED) is 0.657. The molecule has 1 aliphatic rings. The Morgan fingerprint density at radius 3 is 2.26 bits per heavy atom. The summed E-state index contributed by atoms with van der Waals surface area (Å²) in [5, 5.41) is 0. The molecular weight excluding hydrogens is 359 g/mol. The van der Waals surface area contributed by atoms with Crippen LogP contribution in [0.15, 0.2) is 18.2 Å². The Hall–Kier alpha value is -2.61. The van der Waals surface area contributed by atoms with Gasteiger partial charge in [0, 0.05) is 43.1 Å². The van der Waals surface area contributed by atoms with Crippen molar-refractivity contribution in [2.45, 2.75) is 13.8 Å². The van der Waals surface area contributed by atoms with Gasteiger partial charge in [0.05, 0.1) is 12.1 Å². The number of benzene rings is 1. The van der Waals surface area contributed by atoms with Crippen molar-refractivity contribution in [3.63, 3.8) is 0 Å². The van der Waals surface area contributed by atoms with Crippen LogP contribution in [0.5, 0.6) is 0 Å². The number of hydrogen-bond acceptors (Lipinski definition) is 3. The van der Waals surface area contributed by atoms with Crippen LogP contribution in [0.3, 0.4) is 0 Å². The number of hydrogen-bond donors (Lipinski definition) is 1. The van der Waals surface area contributed by atoms with Gasteiger partial charge in [0.2, 0.25) is 0 Å². The first kappa shape index (κ1) is 19.2. The monoisotopic (exact) mass is 379 g/mol. The molecule has 1 fully saturated rings. The number of rotatable bonds is 4. The number of ketones is 1. The van der Waals surface area contributed by atoms with Crippen molar-refractivity contribution in [3.05, 3.63) is 58.2 Å². The van der Waals surface area contributed by atoms with Crippen molar-refractivity contribution in [1.82, 2.24) is 14.8 Å². The Balaban J connectivity index is 1.60. The molecule has 0 atom stereocenters. The van der Waals surface area contributed by atoms with Gasteiger partial charge < -0.3 is 9.88 Å². The molecule has 3 rings (SSSR count).